The van der Waals surface area contributed by atoms with Crippen molar-refractivity contribution >= 4 is 5.57 Å². The van der Waals surface area contributed by atoms with Crippen molar-refractivity contribution in [3.8, 4) is 22.3 Å². The Morgan fingerprint density at radius 2 is 1.17 bits per heavy atom. The number of allylic oxidation sites excluding steroid dienone is 1. The summed E-state index contributed by atoms with van der Waals surface area (Å²) in [5.41, 5.74) is 15.3. The number of fused-ring (bicyclic) bond motifs is 6. The van der Waals surface area contributed by atoms with Crippen molar-refractivity contribution in [1.82, 2.24) is 0 Å². The van der Waals surface area contributed by atoms with Gasteiger partial charge in [-0.05, 0) is 74.0 Å². The Kier molecular flexibility index (Phi) is 3.83. The summed E-state index contributed by atoms with van der Waals surface area (Å²) in [4.78, 5) is 0. The molecule has 1 atom stereocenters. The molecule has 0 aliphatic heterocycles. The van der Waals surface area contributed by atoms with Crippen LogP contribution in [-0.4, -0.2) is 0 Å². The van der Waals surface area contributed by atoms with Crippen LogP contribution in [0.15, 0.2) is 91.5 Å². The fourth-order valence-electron chi connectivity index (χ4n) is 5.47. The van der Waals surface area contributed by atoms with Gasteiger partial charge in [0.05, 0.1) is 0 Å². The zero-order valence-corrected chi connectivity index (χ0v) is 17.3. The molecule has 144 valence electrons. The van der Waals surface area contributed by atoms with Gasteiger partial charge in [-0.15, -0.1) is 0 Å². The SMILES string of the molecule is C=C(c1cccc2c1Cc1ccccc1-2)C(C)c1cccc2c1Cc1ccccc1-2. The molecule has 1 unspecified atom stereocenters. The number of hydrogen-bond donors (Lipinski definition) is 0. The first-order valence-electron chi connectivity index (χ1n) is 10.8. The van der Waals surface area contributed by atoms with E-state index in [0.29, 0.717) is 0 Å². The van der Waals surface area contributed by atoms with Crippen LogP contribution < -0.4 is 0 Å². The van der Waals surface area contributed by atoms with Crippen molar-refractivity contribution in [2.75, 3.05) is 0 Å². The molecular weight excluding hydrogens is 360 g/mol. The van der Waals surface area contributed by atoms with Gasteiger partial charge in [0.2, 0.25) is 0 Å². The third-order valence-corrected chi connectivity index (χ3v) is 7.07. The van der Waals surface area contributed by atoms with E-state index in [1.807, 2.05) is 0 Å². The lowest BCUT2D eigenvalue weighted by molar-refractivity contribution is 0.963. The van der Waals surface area contributed by atoms with E-state index in [2.05, 4.69) is 98.4 Å². The molecule has 0 heteroatoms. The topological polar surface area (TPSA) is 0 Å². The second-order valence-electron chi connectivity index (χ2n) is 8.62. The van der Waals surface area contributed by atoms with Crippen molar-refractivity contribution in [3.05, 3.63) is 125 Å². The van der Waals surface area contributed by atoms with Gasteiger partial charge in [0.1, 0.15) is 0 Å². The standard InChI is InChI=1S/C30H24/c1-19(23-13-7-15-27-25-11-5-3-9-21(25)17-29(23)27)20(2)24-14-8-16-28-26-12-6-4-10-22(26)18-30(24)28/h3-16,20H,1,17-18H2,2H3. The van der Waals surface area contributed by atoms with Gasteiger partial charge in [0.25, 0.3) is 0 Å². The highest BCUT2D eigenvalue weighted by Gasteiger charge is 2.26. The molecule has 30 heavy (non-hydrogen) atoms. The molecule has 0 radical (unpaired) electrons. The predicted molar refractivity (Wildman–Crippen MR) is 127 cm³/mol. The highest BCUT2D eigenvalue weighted by atomic mass is 14.3. The molecule has 0 nitrogen and oxygen atoms in total. The van der Waals surface area contributed by atoms with Gasteiger partial charge in [-0.3, -0.25) is 0 Å². The molecule has 0 amide bonds. The molecule has 4 aromatic carbocycles. The van der Waals surface area contributed by atoms with Crippen LogP contribution >= 0.6 is 0 Å². The van der Waals surface area contributed by atoms with E-state index in [-0.39, 0.29) is 5.92 Å². The van der Waals surface area contributed by atoms with Gasteiger partial charge in [-0.25, -0.2) is 0 Å². The number of rotatable bonds is 3. The largest absolute Gasteiger partial charge is 0.0946 e. The molecule has 0 saturated carbocycles. The maximum atomic E-state index is 4.62. The third kappa shape index (κ3) is 2.47. The van der Waals surface area contributed by atoms with E-state index < -0.39 is 0 Å². The summed E-state index contributed by atoms with van der Waals surface area (Å²) < 4.78 is 0. The second kappa shape index (κ2) is 6.57. The summed E-state index contributed by atoms with van der Waals surface area (Å²) >= 11 is 0. The first-order chi connectivity index (χ1) is 14.7. The molecule has 0 saturated heterocycles. The van der Waals surface area contributed by atoms with E-state index in [9.17, 15) is 0 Å². The molecule has 0 N–H and O–H groups in total. The van der Waals surface area contributed by atoms with Gasteiger partial charge in [-0.1, -0.05) is 98.4 Å². The number of benzene rings is 4. The summed E-state index contributed by atoms with van der Waals surface area (Å²) in [6.07, 6.45) is 2.03. The quantitative estimate of drug-likeness (QED) is 0.294. The van der Waals surface area contributed by atoms with Gasteiger partial charge in [0, 0.05) is 5.92 Å². The summed E-state index contributed by atoms with van der Waals surface area (Å²) in [7, 11) is 0. The van der Waals surface area contributed by atoms with Crippen LogP contribution in [0, 0.1) is 0 Å². The summed E-state index contributed by atoms with van der Waals surface area (Å²) in [5, 5.41) is 0. The van der Waals surface area contributed by atoms with E-state index in [1.165, 1.54) is 61.2 Å². The van der Waals surface area contributed by atoms with Crippen LogP contribution in [0.3, 0.4) is 0 Å². The predicted octanol–water partition coefficient (Wildman–Crippen LogP) is 7.65. The van der Waals surface area contributed by atoms with Crippen molar-refractivity contribution in [2.45, 2.75) is 25.7 Å². The Morgan fingerprint density at radius 3 is 1.87 bits per heavy atom. The lowest BCUT2D eigenvalue weighted by atomic mass is 9.83. The fourth-order valence-corrected chi connectivity index (χ4v) is 5.47. The van der Waals surface area contributed by atoms with Crippen LogP contribution in [0.5, 0.6) is 0 Å². The Bertz CT molecular complexity index is 1320. The average Bonchev–Trinajstić information content (AvgIpc) is 3.36. The molecule has 0 aromatic heterocycles. The zero-order valence-electron chi connectivity index (χ0n) is 17.3. The van der Waals surface area contributed by atoms with Crippen LogP contribution in [-0.2, 0) is 12.8 Å². The summed E-state index contributed by atoms with van der Waals surface area (Å²) in [5.74, 6) is 0.282. The van der Waals surface area contributed by atoms with E-state index in [0.717, 1.165) is 12.8 Å². The Balaban J connectivity index is 1.41. The van der Waals surface area contributed by atoms with E-state index in [4.69, 9.17) is 0 Å². The van der Waals surface area contributed by atoms with Crippen LogP contribution in [0.25, 0.3) is 27.8 Å². The molecule has 2 aliphatic carbocycles. The van der Waals surface area contributed by atoms with Gasteiger partial charge in [-0.2, -0.15) is 0 Å². The van der Waals surface area contributed by atoms with Crippen molar-refractivity contribution < 1.29 is 0 Å². The monoisotopic (exact) mass is 384 g/mol. The minimum Gasteiger partial charge on any atom is -0.0946 e. The van der Waals surface area contributed by atoms with E-state index in [1.54, 1.807) is 0 Å². The lowest BCUT2D eigenvalue weighted by Gasteiger charge is -2.21. The fraction of sp³-hybridized carbons (Fsp3) is 0.133. The molecule has 0 bridgehead atoms. The Hall–Kier alpha value is -3.38. The molecule has 6 rings (SSSR count). The third-order valence-electron chi connectivity index (χ3n) is 7.07. The lowest BCUT2D eigenvalue weighted by Crippen LogP contribution is -2.03. The van der Waals surface area contributed by atoms with Crippen molar-refractivity contribution in [2.24, 2.45) is 0 Å². The van der Waals surface area contributed by atoms with Crippen LogP contribution in [0.2, 0.25) is 0 Å². The molecule has 0 fully saturated rings. The minimum absolute atomic E-state index is 0.282. The first-order valence-corrected chi connectivity index (χ1v) is 10.8. The van der Waals surface area contributed by atoms with Crippen molar-refractivity contribution in [3.63, 3.8) is 0 Å². The molecular formula is C30H24. The van der Waals surface area contributed by atoms with E-state index >= 15 is 0 Å². The van der Waals surface area contributed by atoms with Crippen LogP contribution in [0.1, 0.15) is 46.2 Å². The molecule has 0 spiro atoms. The smallest absolute Gasteiger partial charge is 0.00642 e. The summed E-state index contributed by atoms with van der Waals surface area (Å²) in [6, 6.07) is 31.1. The first kappa shape index (κ1) is 17.5. The van der Waals surface area contributed by atoms with Crippen molar-refractivity contribution in [1.29, 1.82) is 0 Å². The van der Waals surface area contributed by atoms with Gasteiger partial charge >= 0.3 is 0 Å². The second-order valence-corrected chi connectivity index (χ2v) is 8.62. The normalized spacial score (nSPS) is 13.9. The molecule has 4 aromatic rings. The highest BCUT2D eigenvalue weighted by Crippen LogP contribution is 2.45. The van der Waals surface area contributed by atoms with Gasteiger partial charge < -0.3 is 0 Å². The zero-order chi connectivity index (χ0) is 20.2. The van der Waals surface area contributed by atoms with Crippen LogP contribution in [0.4, 0.5) is 0 Å². The summed E-state index contributed by atoms with van der Waals surface area (Å²) in [6.45, 7) is 6.94. The van der Waals surface area contributed by atoms with Gasteiger partial charge in [0.15, 0.2) is 0 Å². The average molecular weight is 385 g/mol. The maximum absolute atomic E-state index is 4.62. The Morgan fingerprint density at radius 1 is 0.633 bits per heavy atom. The maximum Gasteiger partial charge on any atom is 0.00642 e. The Labute approximate surface area is 178 Å². The highest BCUT2D eigenvalue weighted by molar-refractivity contribution is 5.85. The molecule has 2 aliphatic rings. The minimum atomic E-state index is 0.282. The molecule has 0 heterocycles. The number of hydrogen-bond acceptors (Lipinski definition) is 0.